The largest absolute Gasteiger partial charge is 0.391 e. The van der Waals surface area contributed by atoms with Crippen molar-refractivity contribution in [3.8, 4) is 0 Å². The molecule has 1 aromatic heterocycles. The van der Waals surface area contributed by atoms with Crippen LogP contribution in [0.1, 0.15) is 49.5 Å². The summed E-state index contributed by atoms with van der Waals surface area (Å²) in [5.41, 5.74) is 0.000984. The molecule has 1 saturated carbocycles. The number of nitrogens with one attached hydrogen (secondary N) is 1. The zero-order valence-electron chi connectivity index (χ0n) is 12.4. The highest BCUT2D eigenvalue weighted by molar-refractivity contribution is 5.91. The topological polar surface area (TPSA) is 84.2 Å². The first-order valence-corrected chi connectivity index (χ1v) is 7.66. The molecule has 1 aromatic rings. The maximum absolute atomic E-state index is 12.0. The molecule has 1 atom stereocenters. The van der Waals surface area contributed by atoms with Gasteiger partial charge in [-0.05, 0) is 31.2 Å². The highest BCUT2D eigenvalue weighted by Crippen LogP contribution is 2.27. The van der Waals surface area contributed by atoms with Crippen molar-refractivity contribution in [1.29, 1.82) is 0 Å². The van der Waals surface area contributed by atoms with Crippen LogP contribution in [0, 0.1) is 5.92 Å². The van der Waals surface area contributed by atoms with Crippen molar-refractivity contribution in [2.75, 3.05) is 6.54 Å². The van der Waals surface area contributed by atoms with E-state index in [0.717, 1.165) is 32.1 Å². The predicted molar refractivity (Wildman–Crippen MR) is 79.1 cm³/mol. The number of rotatable bonds is 6. The molecule has 1 amide bonds. The van der Waals surface area contributed by atoms with Gasteiger partial charge in [0, 0.05) is 19.2 Å². The number of carbonyl (C=O) groups is 1. The minimum atomic E-state index is -0.502. The SMILES string of the molecule is CCCn1nc(C(=O)NCC(O)C2CCCC2)ccc1=O. The van der Waals surface area contributed by atoms with Gasteiger partial charge in [0.15, 0.2) is 0 Å². The van der Waals surface area contributed by atoms with Gasteiger partial charge in [0.25, 0.3) is 11.5 Å². The molecule has 1 heterocycles. The third-order valence-corrected chi connectivity index (χ3v) is 3.95. The average Bonchev–Trinajstić information content (AvgIpc) is 3.01. The quantitative estimate of drug-likeness (QED) is 0.817. The Labute approximate surface area is 124 Å². The summed E-state index contributed by atoms with van der Waals surface area (Å²) in [5.74, 6) is -0.0656. The Morgan fingerprint density at radius 2 is 2.19 bits per heavy atom. The standard InChI is InChI=1S/C15H23N3O3/c1-2-9-18-14(20)8-7-12(17-18)15(21)16-10-13(19)11-5-3-4-6-11/h7-8,11,13,19H,2-6,9-10H2,1H3,(H,16,21). The van der Waals surface area contributed by atoms with Gasteiger partial charge in [0.05, 0.1) is 6.10 Å². The molecular weight excluding hydrogens is 270 g/mol. The van der Waals surface area contributed by atoms with Gasteiger partial charge in [0.2, 0.25) is 0 Å². The maximum atomic E-state index is 12.0. The Morgan fingerprint density at radius 1 is 1.48 bits per heavy atom. The van der Waals surface area contributed by atoms with Crippen LogP contribution < -0.4 is 10.9 Å². The fourth-order valence-corrected chi connectivity index (χ4v) is 2.74. The first-order valence-electron chi connectivity index (χ1n) is 7.66. The molecule has 0 aliphatic heterocycles. The summed E-state index contributed by atoms with van der Waals surface area (Å²) < 4.78 is 1.29. The highest BCUT2D eigenvalue weighted by Gasteiger charge is 2.23. The second-order valence-electron chi connectivity index (χ2n) is 5.60. The van der Waals surface area contributed by atoms with E-state index in [1.165, 1.54) is 16.8 Å². The Hall–Kier alpha value is -1.69. The Bertz CT molecular complexity index is 535. The lowest BCUT2D eigenvalue weighted by Crippen LogP contribution is -2.37. The van der Waals surface area contributed by atoms with Crippen LogP contribution in [-0.4, -0.2) is 33.4 Å². The number of aromatic nitrogens is 2. The molecule has 0 saturated heterocycles. The van der Waals surface area contributed by atoms with E-state index in [9.17, 15) is 14.7 Å². The third kappa shape index (κ3) is 4.14. The number of aliphatic hydroxyl groups is 1. The van der Waals surface area contributed by atoms with E-state index in [2.05, 4.69) is 10.4 Å². The second-order valence-corrected chi connectivity index (χ2v) is 5.60. The van der Waals surface area contributed by atoms with Crippen LogP contribution in [-0.2, 0) is 6.54 Å². The number of aryl methyl sites for hydroxylation is 1. The lowest BCUT2D eigenvalue weighted by Gasteiger charge is -2.17. The molecule has 1 aliphatic rings. The normalized spacial score (nSPS) is 16.9. The van der Waals surface area contributed by atoms with Gasteiger partial charge in [-0.3, -0.25) is 9.59 Å². The Morgan fingerprint density at radius 3 is 2.86 bits per heavy atom. The summed E-state index contributed by atoms with van der Waals surface area (Å²) in [6, 6.07) is 2.77. The van der Waals surface area contributed by atoms with Gasteiger partial charge < -0.3 is 10.4 Å². The van der Waals surface area contributed by atoms with Crippen molar-refractivity contribution < 1.29 is 9.90 Å². The van der Waals surface area contributed by atoms with E-state index in [1.54, 1.807) is 0 Å². The van der Waals surface area contributed by atoms with Gasteiger partial charge in [-0.2, -0.15) is 5.10 Å². The fourth-order valence-electron chi connectivity index (χ4n) is 2.74. The monoisotopic (exact) mass is 293 g/mol. The summed E-state index contributed by atoms with van der Waals surface area (Å²) in [7, 11) is 0. The first-order chi connectivity index (χ1) is 10.1. The number of hydrogen-bond donors (Lipinski definition) is 2. The van der Waals surface area contributed by atoms with Crippen LogP contribution in [0.15, 0.2) is 16.9 Å². The number of aliphatic hydroxyl groups excluding tert-OH is 1. The first kappa shape index (κ1) is 15.7. The van der Waals surface area contributed by atoms with E-state index < -0.39 is 6.10 Å². The van der Waals surface area contributed by atoms with Crippen molar-refractivity contribution in [1.82, 2.24) is 15.1 Å². The van der Waals surface area contributed by atoms with E-state index in [4.69, 9.17) is 0 Å². The molecule has 21 heavy (non-hydrogen) atoms. The van der Waals surface area contributed by atoms with Crippen LogP contribution in [0.4, 0.5) is 0 Å². The molecule has 0 spiro atoms. The second kappa shape index (κ2) is 7.36. The van der Waals surface area contributed by atoms with Crippen LogP contribution in [0.25, 0.3) is 0 Å². The van der Waals surface area contributed by atoms with Gasteiger partial charge in [-0.25, -0.2) is 4.68 Å². The number of carbonyl (C=O) groups excluding carboxylic acids is 1. The summed E-state index contributed by atoms with van der Waals surface area (Å²) >= 11 is 0. The Balaban J connectivity index is 1.93. The molecule has 6 nitrogen and oxygen atoms in total. The van der Waals surface area contributed by atoms with E-state index in [-0.39, 0.29) is 29.6 Å². The minimum Gasteiger partial charge on any atom is -0.391 e. The molecule has 1 unspecified atom stereocenters. The van der Waals surface area contributed by atoms with Crippen molar-refractivity contribution in [2.24, 2.45) is 5.92 Å². The molecule has 2 N–H and O–H groups in total. The van der Waals surface area contributed by atoms with E-state index in [0.29, 0.717) is 6.54 Å². The predicted octanol–water partition coefficient (Wildman–Crippen LogP) is 0.934. The number of nitrogens with zero attached hydrogens (tertiary/aromatic N) is 2. The maximum Gasteiger partial charge on any atom is 0.271 e. The zero-order valence-corrected chi connectivity index (χ0v) is 12.4. The fraction of sp³-hybridized carbons (Fsp3) is 0.667. The third-order valence-electron chi connectivity index (χ3n) is 3.95. The van der Waals surface area contributed by atoms with Crippen LogP contribution in [0.2, 0.25) is 0 Å². The summed E-state index contributed by atoms with van der Waals surface area (Å²) in [5, 5.41) is 16.8. The number of amides is 1. The average molecular weight is 293 g/mol. The van der Waals surface area contributed by atoms with E-state index in [1.807, 2.05) is 6.92 Å². The number of hydrogen-bond acceptors (Lipinski definition) is 4. The van der Waals surface area contributed by atoms with E-state index >= 15 is 0 Å². The van der Waals surface area contributed by atoms with Crippen LogP contribution in [0.5, 0.6) is 0 Å². The van der Waals surface area contributed by atoms with Gasteiger partial charge in [-0.1, -0.05) is 19.8 Å². The smallest absolute Gasteiger partial charge is 0.271 e. The molecule has 0 radical (unpaired) electrons. The zero-order chi connectivity index (χ0) is 15.2. The molecule has 1 fully saturated rings. The molecule has 116 valence electrons. The van der Waals surface area contributed by atoms with Gasteiger partial charge in [0.1, 0.15) is 5.69 Å². The highest BCUT2D eigenvalue weighted by atomic mass is 16.3. The molecule has 0 bridgehead atoms. The van der Waals surface area contributed by atoms with Crippen LogP contribution in [0.3, 0.4) is 0 Å². The molecule has 6 heteroatoms. The van der Waals surface area contributed by atoms with Crippen molar-refractivity contribution in [3.05, 3.63) is 28.2 Å². The van der Waals surface area contributed by atoms with Crippen molar-refractivity contribution in [2.45, 2.75) is 51.7 Å². The summed E-state index contributed by atoms with van der Waals surface area (Å²) in [4.78, 5) is 23.6. The van der Waals surface area contributed by atoms with Crippen LogP contribution >= 0.6 is 0 Å². The molecule has 2 rings (SSSR count). The van der Waals surface area contributed by atoms with Gasteiger partial charge >= 0.3 is 0 Å². The molecule has 0 aromatic carbocycles. The minimum absolute atomic E-state index is 0.209. The lowest BCUT2D eigenvalue weighted by atomic mass is 10.0. The molecule has 1 aliphatic carbocycles. The Kier molecular flexibility index (Phi) is 5.50. The van der Waals surface area contributed by atoms with Gasteiger partial charge in [-0.15, -0.1) is 0 Å². The molecular formula is C15H23N3O3. The summed E-state index contributed by atoms with van der Waals surface area (Å²) in [6.45, 7) is 2.67. The summed E-state index contributed by atoms with van der Waals surface area (Å²) in [6.07, 6.45) is 4.63. The lowest BCUT2D eigenvalue weighted by molar-refractivity contribution is 0.0834. The van der Waals surface area contributed by atoms with Crippen molar-refractivity contribution in [3.63, 3.8) is 0 Å². The van der Waals surface area contributed by atoms with Crippen molar-refractivity contribution >= 4 is 5.91 Å².